The molecule has 0 radical (unpaired) electrons. The van der Waals surface area contributed by atoms with E-state index in [0.29, 0.717) is 16.4 Å². The van der Waals surface area contributed by atoms with Gasteiger partial charge < -0.3 is 17.2 Å². The number of para-hydroxylation sites is 1. The summed E-state index contributed by atoms with van der Waals surface area (Å²) in [5, 5.41) is 4.60. The number of rotatable bonds is 2. The van der Waals surface area contributed by atoms with Crippen LogP contribution in [0.15, 0.2) is 46.6 Å². The van der Waals surface area contributed by atoms with Crippen molar-refractivity contribution >= 4 is 29.2 Å². The van der Waals surface area contributed by atoms with Crippen LogP contribution in [0.3, 0.4) is 0 Å². The van der Waals surface area contributed by atoms with Crippen molar-refractivity contribution in [2.45, 2.75) is 0 Å². The van der Waals surface area contributed by atoms with Crippen LogP contribution < -0.4 is 17.2 Å². The Morgan fingerprint density at radius 1 is 1.21 bits per heavy atom. The third-order valence-corrected chi connectivity index (χ3v) is 2.48. The number of nitrogens with two attached hydrogens (primary N) is 3. The van der Waals surface area contributed by atoms with Crippen LogP contribution in [0, 0.1) is 0 Å². The summed E-state index contributed by atoms with van der Waals surface area (Å²) >= 11 is 6.15. The quantitative estimate of drug-likeness (QED) is 0.554. The van der Waals surface area contributed by atoms with Crippen LogP contribution in [-0.4, -0.2) is 21.7 Å². The molecular weight excluding hydrogens is 266 g/mol. The SMILES string of the molecule is NC(N)=NC(N)=Nc1cccc(Cl)c1-n1cccn1. The molecule has 1 heterocycles. The van der Waals surface area contributed by atoms with Gasteiger partial charge >= 0.3 is 0 Å². The van der Waals surface area contributed by atoms with Crippen molar-refractivity contribution in [1.82, 2.24) is 9.78 Å². The average molecular weight is 278 g/mol. The molecule has 1 aromatic heterocycles. The molecule has 6 N–H and O–H groups in total. The predicted octanol–water partition coefficient (Wildman–Crippen LogP) is 0.745. The smallest absolute Gasteiger partial charge is 0.223 e. The minimum Gasteiger partial charge on any atom is -0.370 e. The molecule has 2 aromatic rings. The van der Waals surface area contributed by atoms with Crippen LogP contribution >= 0.6 is 11.6 Å². The number of aromatic nitrogens is 2. The van der Waals surface area contributed by atoms with Gasteiger partial charge in [0.05, 0.1) is 10.7 Å². The highest BCUT2D eigenvalue weighted by atomic mass is 35.5. The van der Waals surface area contributed by atoms with E-state index in [1.54, 1.807) is 41.3 Å². The minimum atomic E-state index is -0.163. The third kappa shape index (κ3) is 3.02. The van der Waals surface area contributed by atoms with Crippen molar-refractivity contribution in [3.05, 3.63) is 41.7 Å². The van der Waals surface area contributed by atoms with Gasteiger partial charge in [-0.3, -0.25) is 0 Å². The van der Waals surface area contributed by atoms with Gasteiger partial charge in [-0.25, -0.2) is 9.67 Å². The fourth-order valence-corrected chi connectivity index (χ4v) is 1.76. The molecule has 0 unspecified atom stereocenters. The van der Waals surface area contributed by atoms with Crippen LogP contribution in [0.2, 0.25) is 5.02 Å². The van der Waals surface area contributed by atoms with Crippen molar-refractivity contribution in [2.75, 3.05) is 0 Å². The van der Waals surface area contributed by atoms with E-state index in [2.05, 4.69) is 15.1 Å². The minimum absolute atomic E-state index is 0.0596. The van der Waals surface area contributed by atoms with Gasteiger partial charge in [0.15, 0.2) is 5.96 Å². The van der Waals surface area contributed by atoms with Gasteiger partial charge in [0, 0.05) is 12.4 Å². The molecule has 0 atom stereocenters. The van der Waals surface area contributed by atoms with E-state index in [4.69, 9.17) is 28.8 Å². The summed E-state index contributed by atoms with van der Waals surface area (Å²) in [5.41, 5.74) is 17.2. The van der Waals surface area contributed by atoms with Crippen molar-refractivity contribution in [3.8, 4) is 5.69 Å². The molecule has 0 spiro atoms. The Morgan fingerprint density at radius 2 is 2.00 bits per heavy atom. The van der Waals surface area contributed by atoms with E-state index in [1.807, 2.05) is 0 Å². The third-order valence-electron chi connectivity index (χ3n) is 2.18. The molecule has 0 aliphatic carbocycles. The predicted molar refractivity (Wildman–Crippen MR) is 75.7 cm³/mol. The summed E-state index contributed by atoms with van der Waals surface area (Å²) in [6, 6.07) is 6.99. The van der Waals surface area contributed by atoms with Gasteiger partial charge in [-0.1, -0.05) is 17.7 Å². The molecule has 0 saturated heterocycles. The van der Waals surface area contributed by atoms with Gasteiger partial charge in [0.2, 0.25) is 5.96 Å². The Balaban J connectivity index is 2.53. The highest BCUT2D eigenvalue weighted by molar-refractivity contribution is 6.33. The Bertz CT molecular complexity index is 626. The van der Waals surface area contributed by atoms with Crippen molar-refractivity contribution in [2.24, 2.45) is 27.2 Å². The lowest BCUT2D eigenvalue weighted by atomic mass is 10.2. The maximum absolute atomic E-state index is 6.15. The van der Waals surface area contributed by atoms with E-state index in [1.165, 1.54) is 0 Å². The first kappa shape index (κ1) is 12.9. The molecule has 2 rings (SSSR count). The lowest BCUT2D eigenvalue weighted by Gasteiger charge is -2.08. The van der Waals surface area contributed by atoms with Crippen LogP contribution in [0.5, 0.6) is 0 Å². The first-order chi connectivity index (χ1) is 9.08. The summed E-state index contributed by atoms with van der Waals surface area (Å²) < 4.78 is 1.59. The Kier molecular flexibility index (Phi) is 3.67. The normalized spacial score (nSPS) is 11.3. The number of halogens is 1. The highest BCUT2D eigenvalue weighted by Crippen LogP contribution is 2.30. The molecule has 0 aliphatic heterocycles. The molecule has 7 nitrogen and oxygen atoms in total. The molecule has 98 valence electrons. The molecule has 0 aliphatic rings. The lowest BCUT2D eigenvalue weighted by Crippen LogP contribution is -2.26. The van der Waals surface area contributed by atoms with Crippen molar-refractivity contribution in [1.29, 1.82) is 0 Å². The number of hydrogen-bond acceptors (Lipinski definition) is 2. The molecule has 1 aromatic carbocycles. The van der Waals surface area contributed by atoms with Crippen LogP contribution in [-0.2, 0) is 0 Å². The maximum atomic E-state index is 6.15. The lowest BCUT2D eigenvalue weighted by molar-refractivity contribution is 0.880. The number of hydrogen-bond donors (Lipinski definition) is 3. The molecular formula is C11H12ClN7. The zero-order valence-electron chi connectivity index (χ0n) is 9.86. The van der Waals surface area contributed by atoms with Gasteiger partial charge in [-0.15, -0.1) is 0 Å². The van der Waals surface area contributed by atoms with E-state index in [9.17, 15) is 0 Å². The monoisotopic (exact) mass is 277 g/mol. The van der Waals surface area contributed by atoms with Crippen molar-refractivity contribution in [3.63, 3.8) is 0 Å². The zero-order chi connectivity index (χ0) is 13.8. The van der Waals surface area contributed by atoms with Crippen LogP contribution in [0.1, 0.15) is 0 Å². The van der Waals surface area contributed by atoms with E-state index < -0.39 is 0 Å². The summed E-state index contributed by atoms with van der Waals surface area (Å²) in [5.74, 6) is -0.223. The van der Waals surface area contributed by atoms with Gasteiger partial charge in [0.25, 0.3) is 0 Å². The second-order valence-electron chi connectivity index (χ2n) is 3.56. The molecule has 8 heteroatoms. The molecule has 0 fully saturated rings. The fourth-order valence-electron chi connectivity index (χ4n) is 1.50. The van der Waals surface area contributed by atoms with Crippen LogP contribution in [0.4, 0.5) is 5.69 Å². The summed E-state index contributed by atoms with van der Waals surface area (Å²) in [6.45, 7) is 0. The fraction of sp³-hybridized carbons (Fsp3) is 0. The Labute approximate surface area is 114 Å². The summed E-state index contributed by atoms with van der Waals surface area (Å²) in [6.07, 6.45) is 3.38. The Morgan fingerprint density at radius 3 is 2.63 bits per heavy atom. The van der Waals surface area contributed by atoms with E-state index in [-0.39, 0.29) is 11.9 Å². The first-order valence-corrected chi connectivity index (χ1v) is 5.68. The highest BCUT2D eigenvalue weighted by Gasteiger charge is 2.09. The second kappa shape index (κ2) is 5.40. The average Bonchev–Trinajstić information content (AvgIpc) is 2.81. The van der Waals surface area contributed by atoms with E-state index in [0.717, 1.165) is 0 Å². The second-order valence-corrected chi connectivity index (χ2v) is 3.97. The van der Waals surface area contributed by atoms with E-state index >= 15 is 0 Å². The zero-order valence-corrected chi connectivity index (χ0v) is 10.6. The van der Waals surface area contributed by atoms with Crippen molar-refractivity contribution < 1.29 is 0 Å². The van der Waals surface area contributed by atoms with Crippen LogP contribution in [0.25, 0.3) is 5.69 Å². The van der Waals surface area contributed by atoms with Gasteiger partial charge in [0.1, 0.15) is 5.69 Å². The number of guanidine groups is 2. The van der Waals surface area contributed by atoms with Gasteiger partial charge in [-0.05, 0) is 18.2 Å². The summed E-state index contributed by atoms with van der Waals surface area (Å²) in [7, 11) is 0. The summed E-state index contributed by atoms with van der Waals surface area (Å²) in [4.78, 5) is 7.77. The molecule has 0 bridgehead atoms. The number of aliphatic imine (C=N–C) groups is 2. The molecule has 0 amide bonds. The first-order valence-electron chi connectivity index (χ1n) is 5.30. The molecule has 0 saturated carbocycles. The Hall–Kier alpha value is -2.54. The number of nitrogens with zero attached hydrogens (tertiary/aromatic N) is 4. The topological polar surface area (TPSA) is 121 Å². The maximum Gasteiger partial charge on any atom is 0.223 e. The molecule has 19 heavy (non-hydrogen) atoms. The number of benzene rings is 1. The van der Waals surface area contributed by atoms with Gasteiger partial charge in [-0.2, -0.15) is 10.1 Å². The standard InChI is InChI=1S/C11H12ClN7/c12-7-3-1-4-8(17-11(15)18-10(13)14)9(7)19-6-2-5-16-19/h1-6H,(H6,13,14,15,17,18). The largest absolute Gasteiger partial charge is 0.370 e.